The van der Waals surface area contributed by atoms with Gasteiger partial charge in [0.05, 0.1) is 10.4 Å². The van der Waals surface area contributed by atoms with Gasteiger partial charge in [0.15, 0.2) is 0 Å². The smallest absolute Gasteiger partial charge is 0.313 e. The van der Waals surface area contributed by atoms with Crippen molar-refractivity contribution in [3.05, 3.63) is 65.7 Å². The minimum absolute atomic E-state index is 0.0989. The Kier molecular flexibility index (Phi) is 5.95. The zero-order valence-electron chi connectivity index (χ0n) is 17.2. The number of benzene rings is 2. The third-order valence-electron chi connectivity index (χ3n) is 6.25. The number of carbonyl (C=O) groups excluding carboxylic acids is 1. The summed E-state index contributed by atoms with van der Waals surface area (Å²) in [6, 6.07) is 16.6. The first-order chi connectivity index (χ1) is 14.4. The van der Waals surface area contributed by atoms with Gasteiger partial charge in [0, 0.05) is 19.0 Å². The number of hydroxylamine groups is 2. The van der Waals surface area contributed by atoms with E-state index in [0.29, 0.717) is 25.9 Å². The summed E-state index contributed by atoms with van der Waals surface area (Å²) in [5.41, 5.74) is 1.54. The Labute approximate surface area is 178 Å². The van der Waals surface area contributed by atoms with Gasteiger partial charge in [-0.05, 0) is 50.3 Å². The molecule has 1 heterocycles. The predicted molar refractivity (Wildman–Crippen MR) is 114 cm³/mol. The van der Waals surface area contributed by atoms with Gasteiger partial charge in [0.25, 0.3) is 0 Å². The standard InChI is InChI=1S/C23H28N2O4S/c1-18-10-12-21(13-11-18)30(27,28)29-25-16-14-23(15-17-25,20-8-3-2-4-9-20)24-22(26)19-6-5-7-19/h2-4,8-13,19H,5-7,14-17H2,1H3,(H,24,26). The van der Waals surface area contributed by atoms with E-state index in [1.54, 1.807) is 24.3 Å². The number of hydrogen-bond donors (Lipinski definition) is 1. The molecule has 0 bridgehead atoms. The summed E-state index contributed by atoms with van der Waals surface area (Å²) in [7, 11) is -3.87. The molecule has 1 N–H and O–H groups in total. The van der Waals surface area contributed by atoms with E-state index in [4.69, 9.17) is 4.28 Å². The molecule has 1 saturated heterocycles. The summed E-state index contributed by atoms with van der Waals surface area (Å²) in [4.78, 5) is 12.9. The van der Waals surface area contributed by atoms with Crippen LogP contribution in [-0.2, 0) is 24.7 Å². The molecule has 2 fully saturated rings. The number of carbonyl (C=O) groups is 1. The lowest BCUT2D eigenvalue weighted by molar-refractivity contribution is -0.133. The van der Waals surface area contributed by atoms with E-state index in [1.165, 1.54) is 5.06 Å². The van der Waals surface area contributed by atoms with Crippen LogP contribution in [-0.4, -0.2) is 32.5 Å². The Hall–Kier alpha value is -2.22. The van der Waals surface area contributed by atoms with Crippen molar-refractivity contribution < 1.29 is 17.5 Å². The normalized spacial score (nSPS) is 19.8. The van der Waals surface area contributed by atoms with Crippen LogP contribution in [0.5, 0.6) is 0 Å². The van der Waals surface area contributed by atoms with Gasteiger partial charge >= 0.3 is 10.1 Å². The van der Waals surface area contributed by atoms with Gasteiger partial charge in [-0.1, -0.05) is 54.4 Å². The van der Waals surface area contributed by atoms with Crippen molar-refractivity contribution in [3.8, 4) is 0 Å². The van der Waals surface area contributed by atoms with Gasteiger partial charge in [-0.2, -0.15) is 17.8 Å². The monoisotopic (exact) mass is 428 g/mol. The lowest BCUT2D eigenvalue weighted by Gasteiger charge is -2.43. The topological polar surface area (TPSA) is 75.7 Å². The number of aryl methyl sites for hydroxylation is 1. The van der Waals surface area contributed by atoms with Crippen LogP contribution in [0.1, 0.15) is 43.2 Å². The molecule has 0 spiro atoms. The molecule has 0 aromatic heterocycles. The maximum atomic E-state index is 12.7. The van der Waals surface area contributed by atoms with Crippen LogP contribution in [0.25, 0.3) is 0 Å². The molecule has 1 aliphatic carbocycles. The van der Waals surface area contributed by atoms with Crippen molar-refractivity contribution in [2.24, 2.45) is 5.92 Å². The van der Waals surface area contributed by atoms with Gasteiger partial charge < -0.3 is 5.32 Å². The average molecular weight is 429 g/mol. The summed E-state index contributed by atoms with van der Waals surface area (Å²) >= 11 is 0. The van der Waals surface area contributed by atoms with Crippen molar-refractivity contribution in [2.45, 2.75) is 49.5 Å². The third-order valence-corrected chi connectivity index (χ3v) is 7.51. The van der Waals surface area contributed by atoms with Crippen LogP contribution in [0.15, 0.2) is 59.5 Å². The predicted octanol–water partition coefficient (Wildman–Crippen LogP) is 3.52. The van der Waals surface area contributed by atoms with Crippen LogP contribution in [0.4, 0.5) is 0 Å². The molecule has 6 nitrogen and oxygen atoms in total. The van der Waals surface area contributed by atoms with Crippen molar-refractivity contribution in [1.29, 1.82) is 0 Å². The van der Waals surface area contributed by atoms with Crippen molar-refractivity contribution in [2.75, 3.05) is 13.1 Å². The minimum Gasteiger partial charge on any atom is -0.346 e. The maximum Gasteiger partial charge on any atom is 0.313 e. The summed E-state index contributed by atoms with van der Waals surface area (Å²) in [6.07, 6.45) is 4.16. The zero-order valence-corrected chi connectivity index (χ0v) is 18.0. The van der Waals surface area contributed by atoms with Crippen LogP contribution in [0.3, 0.4) is 0 Å². The number of piperidine rings is 1. The molecule has 2 aliphatic rings. The van der Waals surface area contributed by atoms with E-state index in [1.807, 2.05) is 37.3 Å². The Morgan fingerprint density at radius 2 is 1.67 bits per heavy atom. The molecule has 2 aromatic rings. The number of nitrogens with zero attached hydrogens (tertiary/aromatic N) is 1. The summed E-state index contributed by atoms with van der Waals surface area (Å²) in [5.74, 6) is 0.202. The molecule has 0 atom stereocenters. The van der Waals surface area contributed by atoms with Gasteiger partial charge in [0.2, 0.25) is 5.91 Å². The first-order valence-electron chi connectivity index (χ1n) is 10.5. The third kappa shape index (κ3) is 4.43. The van der Waals surface area contributed by atoms with Crippen molar-refractivity contribution in [3.63, 3.8) is 0 Å². The molecule has 1 amide bonds. The van der Waals surface area contributed by atoms with Gasteiger partial charge in [-0.15, -0.1) is 0 Å². The Balaban J connectivity index is 1.47. The maximum absolute atomic E-state index is 12.7. The molecule has 0 radical (unpaired) electrons. The van der Waals surface area contributed by atoms with Crippen molar-refractivity contribution >= 4 is 16.0 Å². The highest BCUT2D eigenvalue weighted by molar-refractivity contribution is 7.86. The fourth-order valence-electron chi connectivity index (χ4n) is 4.08. The van der Waals surface area contributed by atoms with Gasteiger partial charge in [-0.3, -0.25) is 4.79 Å². The van der Waals surface area contributed by atoms with Crippen LogP contribution in [0.2, 0.25) is 0 Å². The second kappa shape index (κ2) is 8.49. The molecular weight excluding hydrogens is 400 g/mol. The van der Waals surface area contributed by atoms with E-state index in [9.17, 15) is 13.2 Å². The summed E-state index contributed by atoms with van der Waals surface area (Å²) < 4.78 is 30.7. The molecule has 30 heavy (non-hydrogen) atoms. The van der Waals surface area contributed by atoms with Crippen LogP contribution in [0, 0.1) is 12.8 Å². The largest absolute Gasteiger partial charge is 0.346 e. The first-order valence-corrected chi connectivity index (χ1v) is 11.9. The summed E-state index contributed by atoms with van der Waals surface area (Å²) in [5, 5.41) is 4.79. The molecule has 160 valence electrons. The van der Waals surface area contributed by atoms with E-state index in [2.05, 4.69) is 5.32 Å². The van der Waals surface area contributed by atoms with Gasteiger partial charge in [0.1, 0.15) is 0 Å². The SMILES string of the molecule is Cc1ccc(S(=O)(=O)ON2CCC(NC(=O)C3CCC3)(c3ccccc3)CC2)cc1. The molecule has 2 aromatic carbocycles. The highest BCUT2D eigenvalue weighted by Gasteiger charge is 2.41. The van der Waals surface area contributed by atoms with E-state index in [-0.39, 0.29) is 16.7 Å². The molecule has 1 aliphatic heterocycles. The molecular formula is C23H28N2O4S. The Bertz CT molecular complexity index is 978. The van der Waals surface area contributed by atoms with E-state index in [0.717, 1.165) is 30.4 Å². The highest BCUT2D eigenvalue weighted by Crippen LogP contribution is 2.36. The average Bonchev–Trinajstić information content (AvgIpc) is 2.69. The second-order valence-corrected chi connectivity index (χ2v) is 9.86. The van der Waals surface area contributed by atoms with Crippen LogP contribution < -0.4 is 5.32 Å². The molecule has 4 rings (SSSR count). The van der Waals surface area contributed by atoms with E-state index < -0.39 is 15.7 Å². The highest BCUT2D eigenvalue weighted by atomic mass is 32.2. The molecule has 7 heteroatoms. The second-order valence-electron chi connectivity index (χ2n) is 8.34. The van der Waals surface area contributed by atoms with Crippen molar-refractivity contribution in [1.82, 2.24) is 10.4 Å². The fraction of sp³-hybridized carbons (Fsp3) is 0.435. The molecule has 0 unspecified atom stereocenters. The minimum atomic E-state index is -3.87. The Morgan fingerprint density at radius 1 is 1.03 bits per heavy atom. The lowest BCUT2D eigenvalue weighted by atomic mass is 9.79. The van der Waals surface area contributed by atoms with Crippen LogP contribution >= 0.6 is 0 Å². The number of rotatable bonds is 6. The van der Waals surface area contributed by atoms with Gasteiger partial charge in [-0.25, -0.2) is 0 Å². The number of hydrogen-bond acceptors (Lipinski definition) is 5. The van der Waals surface area contributed by atoms with E-state index >= 15 is 0 Å². The number of nitrogens with one attached hydrogen (secondary N) is 1. The lowest BCUT2D eigenvalue weighted by Crippen LogP contribution is -2.55. The fourth-order valence-corrected chi connectivity index (χ4v) is 5.06. The zero-order chi connectivity index (χ0) is 21.2. The summed E-state index contributed by atoms with van der Waals surface area (Å²) in [6.45, 7) is 2.72. The molecule has 1 saturated carbocycles. The quantitative estimate of drug-likeness (QED) is 0.762. The Morgan fingerprint density at radius 3 is 2.23 bits per heavy atom. The number of amides is 1. The first kappa shape index (κ1) is 21.0.